The summed E-state index contributed by atoms with van der Waals surface area (Å²) < 4.78 is 6.33. The van der Waals surface area contributed by atoms with Gasteiger partial charge in [0.15, 0.2) is 5.75 Å². The Morgan fingerprint density at radius 2 is 1.71 bits per heavy atom. The van der Waals surface area contributed by atoms with Crippen LogP contribution in [0.5, 0.6) is 5.75 Å². The molecule has 1 fully saturated rings. The van der Waals surface area contributed by atoms with Crippen molar-refractivity contribution < 1.29 is 19.1 Å². The second-order valence-corrected chi connectivity index (χ2v) is 9.85. The van der Waals surface area contributed by atoms with Crippen molar-refractivity contribution in [2.45, 2.75) is 38.3 Å². The van der Waals surface area contributed by atoms with Gasteiger partial charge in [-0.25, -0.2) is 0 Å². The summed E-state index contributed by atoms with van der Waals surface area (Å²) in [5.74, 6) is -1.68. The number of anilines is 1. The molecule has 1 aliphatic carbocycles. The molecular formula is C26H26BrN3O4. The molecule has 0 heterocycles. The van der Waals surface area contributed by atoms with Crippen LogP contribution in [0.3, 0.4) is 0 Å². The minimum Gasteiger partial charge on any atom is -0.494 e. The Morgan fingerprint density at radius 3 is 2.32 bits per heavy atom. The zero-order chi connectivity index (χ0) is 24.6. The van der Waals surface area contributed by atoms with Crippen molar-refractivity contribution in [2.24, 2.45) is 5.73 Å². The van der Waals surface area contributed by atoms with Gasteiger partial charge in [0.25, 0.3) is 17.6 Å². The zero-order valence-electron chi connectivity index (χ0n) is 19.2. The molecule has 176 valence electrons. The second kappa shape index (κ2) is 9.19. The molecule has 1 saturated carbocycles. The topological polar surface area (TPSA) is 111 Å². The van der Waals surface area contributed by atoms with Crippen molar-refractivity contribution >= 4 is 50.0 Å². The van der Waals surface area contributed by atoms with E-state index in [0.29, 0.717) is 10.9 Å². The highest BCUT2D eigenvalue weighted by molar-refractivity contribution is 9.10. The minimum absolute atomic E-state index is 0.136. The lowest BCUT2D eigenvalue weighted by Crippen LogP contribution is -2.31. The van der Waals surface area contributed by atoms with E-state index in [1.165, 1.54) is 7.11 Å². The molecular weight excluding hydrogens is 498 g/mol. The Labute approximate surface area is 206 Å². The monoisotopic (exact) mass is 523 g/mol. The maximum absolute atomic E-state index is 13.2. The highest BCUT2D eigenvalue weighted by Crippen LogP contribution is 2.35. The SMILES string of the molecule is COc1c(NC(=O)C(=O)c2ccc(Br)c3ccccc23)cc(C(C)(C)N)cc1C(=O)NC1CC1. The molecule has 4 N–H and O–H groups in total. The van der Waals surface area contributed by atoms with Crippen molar-refractivity contribution in [2.75, 3.05) is 12.4 Å². The standard InChI is InChI=1S/C26H26BrN3O4/c1-26(2,28)14-12-19(24(32)29-15-8-9-15)23(34-3)21(13-14)30-25(33)22(31)18-10-11-20(27)17-7-5-4-6-16(17)18/h4-7,10-13,15H,8-9,28H2,1-3H3,(H,29,32)(H,30,33). The van der Waals surface area contributed by atoms with Crippen LogP contribution in [0.2, 0.25) is 0 Å². The minimum atomic E-state index is -0.841. The van der Waals surface area contributed by atoms with E-state index in [1.807, 2.05) is 18.2 Å². The summed E-state index contributed by atoms with van der Waals surface area (Å²) in [6.45, 7) is 3.59. The number of fused-ring (bicyclic) bond motifs is 1. The largest absolute Gasteiger partial charge is 0.494 e. The number of methoxy groups -OCH3 is 1. The maximum Gasteiger partial charge on any atom is 0.296 e. The van der Waals surface area contributed by atoms with E-state index >= 15 is 0 Å². The van der Waals surface area contributed by atoms with Gasteiger partial charge in [0.2, 0.25) is 0 Å². The quantitative estimate of drug-likeness (QED) is 0.311. The number of amides is 2. The van der Waals surface area contributed by atoms with E-state index in [2.05, 4.69) is 26.6 Å². The molecule has 0 aromatic heterocycles. The molecule has 8 heteroatoms. The normalized spacial score (nSPS) is 13.4. The first-order valence-electron chi connectivity index (χ1n) is 11.0. The number of hydrogen-bond acceptors (Lipinski definition) is 5. The van der Waals surface area contributed by atoms with Crippen LogP contribution in [-0.4, -0.2) is 30.7 Å². The number of Topliss-reactive ketones (excluding diaryl/α,β-unsaturated/α-hetero) is 1. The van der Waals surface area contributed by atoms with Crippen molar-refractivity contribution in [1.29, 1.82) is 0 Å². The highest BCUT2D eigenvalue weighted by Gasteiger charge is 2.29. The molecule has 0 bridgehead atoms. The van der Waals surface area contributed by atoms with Gasteiger partial charge in [-0.3, -0.25) is 14.4 Å². The van der Waals surface area contributed by atoms with Crippen LogP contribution < -0.4 is 21.1 Å². The van der Waals surface area contributed by atoms with Gasteiger partial charge >= 0.3 is 0 Å². The summed E-state index contributed by atoms with van der Waals surface area (Å²) in [5.41, 5.74) is 6.85. The Kier molecular flexibility index (Phi) is 6.47. The van der Waals surface area contributed by atoms with Crippen LogP contribution in [0, 0.1) is 0 Å². The summed E-state index contributed by atoms with van der Waals surface area (Å²) in [6.07, 6.45) is 1.85. The van der Waals surface area contributed by atoms with E-state index in [4.69, 9.17) is 10.5 Å². The Bertz CT molecular complexity index is 1310. The number of benzene rings is 3. The fourth-order valence-corrected chi connectivity index (χ4v) is 4.21. The number of nitrogens with one attached hydrogen (secondary N) is 2. The number of rotatable bonds is 7. The highest BCUT2D eigenvalue weighted by atomic mass is 79.9. The van der Waals surface area contributed by atoms with Gasteiger partial charge in [0.1, 0.15) is 0 Å². The molecule has 0 radical (unpaired) electrons. The summed E-state index contributed by atoms with van der Waals surface area (Å²) in [4.78, 5) is 39.1. The smallest absolute Gasteiger partial charge is 0.296 e. The van der Waals surface area contributed by atoms with Crippen LogP contribution in [0.1, 0.15) is 53.0 Å². The van der Waals surface area contributed by atoms with E-state index in [0.717, 1.165) is 22.7 Å². The molecule has 0 atom stereocenters. The van der Waals surface area contributed by atoms with Crippen molar-refractivity contribution in [3.8, 4) is 5.75 Å². The number of ketones is 1. The predicted octanol–water partition coefficient (Wildman–Crippen LogP) is 4.52. The molecule has 4 rings (SSSR count). The van der Waals surface area contributed by atoms with Gasteiger partial charge in [-0.15, -0.1) is 0 Å². The molecule has 1 aliphatic rings. The van der Waals surface area contributed by atoms with Gasteiger partial charge < -0.3 is 21.1 Å². The molecule has 0 spiro atoms. The fourth-order valence-electron chi connectivity index (χ4n) is 3.73. The molecule has 3 aromatic carbocycles. The number of carbonyl (C=O) groups is 3. The summed E-state index contributed by atoms with van der Waals surface area (Å²) >= 11 is 3.48. The predicted molar refractivity (Wildman–Crippen MR) is 135 cm³/mol. The van der Waals surface area contributed by atoms with Crippen molar-refractivity contribution in [3.63, 3.8) is 0 Å². The third-order valence-corrected chi connectivity index (χ3v) is 6.46. The zero-order valence-corrected chi connectivity index (χ0v) is 20.8. The van der Waals surface area contributed by atoms with Gasteiger partial charge in [-0.1, -0.05) is 40.2 Å². The van der Waals surface area contributed by atoms with Crippen molar-refractivity contribution in [1.82, 2.24) is 5.32 Å². The molecule has 0 unspecified atom stereocenters. The number of halogens is 1. The van der Waals surface area contributed by atoms with Crippen LogP contribution in [0.4, 0.5) is 5.69 Å². The molecule has 34 heavy (non-hydrogen) atoms. The lowest BCUT2D eigenvalue weighted by Gasteiger charge is -2.23. The number of hydrogen-bond donors (Lipinski definition) is 3. The maximum atomic E-state index is 13.2. The Balaban J connectivity index is 1.72. The second-order valence-electron chi connectivity index (χ2n) is 9.00. The molecule has 7 nitrogen and oxygen atoms in total. The summed E-state index contributed by atoms with van der Waals surface area (Å²) in [7, 11) is 1.41. The van der Waals surface area contributed by atoms with E-state index in [-0.39, 0.29) is 34.5 Å². The first kappa shape index (κ1) is 23.9. The first-order chi connectivity index (χ1) is 16.1. The van der Waals surface area contributed by atoms with Crippen LogP contribution in [0.25, 0.3) is 10.8 Å². The van der Waals surface area contributed by atoms with E-state index in [1.54, 1.807) is 44.2 Å². The number of nitrogens with two attached hydrogens (primary N) is 1. The van der Waals surface area contributed by atoms with E-state index < -0.39 is 17.2 Å². The Hall–Kier alpha value is -3.23. The van der Waals surface area contributed by atoms with Crippen LogP contribution >= 0.6 is 15.9 Å². The summed E-state index contributed by atoms with van der Waals surface area (Å²) in [5, 5.41) is 7.07. The molecule has 0 aliphatic heterocycles. The van der Waals surface area contributed by atoms with Crippen LogP contribution in [0.15, 0.2) is 53.0 Å². The lowest BCUT2D eigenvalue weighted by molar-refractivity contribution is -0.112. The van der Waals surface area contributed by atoms with E-state index in [9.17, 15) is 14.4 Å². The lowest BCUT2D eigenvalue weighted by atomic mass is 9.92. The third kappa shape index (κ3) is 4.83. The summed E-state index contributed by atoms with van der Waals surface area (Å²) in [6, 6.07) is 14.1. The molecule has 3 aromatic rings. The molecule has 2 amide bonds. The van der Waals surface area contributed by atoms with Gasteiger partial charge in [0, 0.05) is 21.6 Å². The van der Waals surface area contributed by atoms with Gasteiger partial charge in [-0.05, 0) is 67.3 Å². The third-order valence-electron chi connectivity index (χ3n) is 5.76. The average Bonchev–Trinajstić information content (AvgIpc) is 3.62. The number of ether oxygens (including phenoxy) is 1. The van der Waals surface area contributed by atoms with Gasteiger partial charge in [0.05, 0.1) is 18.4 Å². The molecule has 0 saturated heterocycles. The van der Waals surface area contributed by atoms with Crippen molar-refractivity contribution in [3.05, 3.63) is 69.7 Å². The fraction of sp³-hybridized carbons (Fsp3) is 0.269. The Morgan fingerprint density at radius 1 is 1.03 bits per heavy atom. The first-order valence-corrected chi connectivity index (χ1v) is 11.7. The average molecular weight is 524 g/mol. The number of carbonyl (C=O) groups excluding carboxylic acids is 3. The van der Waals surface area contributed by atoms with Gasteiger partial charge in [-0.2, -0.15) is 0 Å². The van der Waals surface area contributed by atoms with Crippen LogP contribution in [-0.2, 0) is 10.3 Å².